The van der Waals surface area contributed by atoms with Gasteiger partial charge < -0.3 is 19.4 Å². The number of piperidine rings is 1. The van der Waals surface area contributed by atoms with Crippen molar-refractivity contribution < 1.29 is 23.5 Å². The number of ether oxygens (including phenoxy) is 1. The van der Waals surface area contributed by atoms with Crippen molar-refractivity contribution in [1.29, 1.82) is 0 Å². The van der Waals surface area contributed by atoms with Crippen LogP contribution in [0.1, 0.15) is 49.6 Å². The second-order valence-electron chi connectivity index (χ2n) is 11.9. The normalized spacial score (nSPS) is 15.9. The number of hydrogen-bond donors (Lipinski definition) is 0. The molecule has 0 radical (unpaired) electrons. The van der Waals surface area contributed by atoms with E-state index < -0.39 is 0 Å². The molecule has 2 fully saturated rings. The molecular weight excluding hydrogens is 585 g/mol. The van der Waals surface area contributed by atoms with Crippen LogP contribution in [-0.2, 0) is 6.42 Å². The van der Waals surface area contributed by atoms with Gasteiger partial charge in [-0.05, 0) is 86.1 Å². The van der Waals surface area contributed by atoms with Gasteiger partial charge in [0.15, 0.2) is 11.6 Å². The zero-order valence-electron chi connectivity index (χ0n) is 25.8. The lowest BCUT2D eigenvalue weighted by Crippen LogP contribution is -2.44. The van der Waals surface area contributed by atoms with Crippen LogP contribution in [0.3, 0.4) is 0 Å². The van der Waals surface area contributed by atoms with E-state index in [-0.39, 0.29) is 41.3 Å². The van der Waals surface area contributed by atoms with Crippen molar-refractivity contribution in [2.45, 2.75) is 19.3 Å². The maximum Gasteiger partial charge on any atom is 0.272 e. The first-order valence-electron chi connectivity index (χ1n) is 15.6. The number of likely N-dealkylation sites (N-methyl/N-ethyl adjacent to an activating group) is 1. The van der Waals surface area contributed by atoms with Gasteiger partial charge in [0.25, 0.3) is 5.91 Å². The molecule has 0 saturated carbocycles. The van der Waals surface area contributed by atoms with Gasteiger partial charge in [0, 0.05) is 86.9 Å². The highest BCUT2D eigenvalue weighted by atomic mass is 19.1. The molecule has 10 heteroatoms. The minimum Gasteiger partial charge on any atom is -0.439 e. The molecule has 0 bridgehead atoms. The summed E-state index contributed by atoms with van der Waals surface area (Å²) in [6, 6.07) is 20.1. The third-order valence-electron chi connectivity index (χ3n) is 8.68. The van der Waals surface area contributed by atoms with E-state index in [1.54, 1.807) is 35.4 Å². The number of anilines is 1. The summed E-state index contributed by atoms with van der Waals surface area (Å²) in [7, 11) is 2.13. The Morgan fingerprint density at radius 1 is 0.783 bits per heavy atom. The number of carbonyl (C=O) groups is 3. The van der Waals surface area contributed by atoms with Crippen molar-refractivity contribution in [2.75, 3.05) is 51.2 Å². The third kappa shape index (κ3) is 7.46. The lowest BCUT2D eigenvalue weighted by molar-refractivity contribution is 0.0645. The van der Waals surface area contributed by atoms with Crippen LogP contribution in [0, 0.1) is 11.7 Å². The molecule has 0 N–H and O–H groups in total. The number of Topliss-reactive ketones (excluding diaryl/α,β-unsaturated/α-hetero) is 2. The highest BCUT2D eigenvalue weighted by Crippen LogP contribution is 2.25. The summed E-state index contributed by atoms with van der Waals surface area (Å²) in [5, 5.41) is 0. The molecule has 1 amide bonds. The number of carbonyl (C=O) groups excluding carboxylic acids is 3. The monoisotopic (exact) mass is 621 g/mol. The predicted octanol–water partition coefficient (Wildman–Crippen LogP) is 5.32. The molecule has 0 atom stereocenters. The summed E-state index contributed by atoms with van der Waals surface area (Å²) >= 11 is 0. The Balaban J connectivity index is 0.975. The lowest BCUT2D eigenvalue weighted by atomic mass is 9.88. The molecule has 2 aromatic heterocycles. The topological polar surface area (TPSA) is 95.9 Å². The van der Waals surface area contributed by atoms with Crippen molar-refractivity contribution in [3.05, 3.63) is 113 Å². The first-order valence-corrected chi connectivity index (χ1v) is 15.6. The van der Waals surface area contributed by atoms with Crippen molar-refractivity contribution in [2.24, 2.45) is 5.92 Å². The van der Waals surface area contributed by atoms with Crippen LogP contribution in [0.2, 0.25) is 0 Å². The summed E-state index contributed by atoms with van der Waals surface area (Å²) in [5.41, 5.74) is 3.22. The molecule has 236 valence electrons. The number of hydrogen-bond acceptors (Lipinski definition) is 8. The van der Waals surface area contributed by atoms with Crippen LogP contribution < -0.4 is 9.64 Å². The molecule has 4 aromatic rings. The molecule has 9 nitrogen and oxygen atoms in total. The van der Waals surface area contributed by atoms with Gasteiger partial charge in [0.05, 0.1) is 0 Å². The van der Waals surface area contributed by atoms with Gasteiger partial charge in [-0.25, -0.2) is 9.37 Å². The maximum absolute atomic E-state index is 13.2. The standard InChI is InChI=1S/C36H36FN5O4/c1-40-18-20-41(21-19-40)30-8-3-26(4-9-30)35(44)27-14-16-42(17-15-27)36(45)32-12-5-28(24-38-32)33(43)22-25-2-13-34(39-23-25)46-31-10-6-29(37)7-11-31/h2-13,23-24,27H,14-22H2,1H3. The summed E-state index contributed by atoms with van der Waals surface area (Å²) in [4.78, 5) is 54.1. The van der Waals surface area contributed by atoms with E-state index in [1.807, 2.05) is 24.3 Å². The smallest absolute Gasteiger partial charge is 0.272 e. The second kappa shape index (κ2) is 14.0. The number of pyridine rings is 2. The SMILES string of the molecule is CN1CCN(c2ccc(C(=O)C3CCN(C(=O)c4ccc(C(=O)Cc5ccc(Oc6ccc(F)cc6)nc5)cn4)CC3)cc2)CC1. The van der Waals surface area contributed by atoms with Crippen molar-refractivity contribution in [3.8, 4) is 11.6 Å². The zero-order chi connectivity index (χ0) is 32.0. The Bertz CT molecular complexity index is 1660. The zero-order valence-corrected chi connectivity index (χ0v) is 25.8. The molecule has 4 heterocycles. The fraction of sp³-hybridized carbons (Fsp3) is 0.306. The first kappa shape index (κ1) is 31.0. The maximum atomic E-state index is 13.2. The van der Waals surface area contributed by atoms with Crippen molar-refractivity contribution in [1.82, 2.24) is 19.8 Å². The van der Waals surface area contributed by atoms with Crippen LogP contribution in [0.15, 0.2) is 85.2 Å². The Morgan fingerprint density at radius 3 is 2.11 bits per heavy atom. The number of likely N-dealkylation sites (tertiary alicyclic amines) is 1. The van der Waals surface area contributed by atoms with Gasteiger partial charge in [-0.2, -0.15) is 0 Å². The number of ketones is 2. The van der Waals surface area contributed by atoms with Crippen LogP contribution in [0.4, 0.5) is 10.1 Å². The van der Waals surface area contributed by atoms with E-state index in [0.717, 1.165) is 37.4 Å². The summed E-state index contributed by atoms with van der Waals surface area (Å²) < 4.78 is 18.7. The van der Waals surface area contributed by atoms with Gasteiger partial charge in [-0.1, -0.05) is 6.07 Å². The summed E-state index contributed by atoms with van der Waals surface area (Å²) in [6.45, 7) is 4.97. The highest BCUT2D eigenvalue weighted by Gasteiger charge is 2.29. The van der Waals surface area contributed by atoms with Gasteiger partial charge in [0.2, 0.25) is 5.88 Å². The second-order valence-corrected chi connectivity index (χ2v) is 11.9. The third-order valence-corrected chi connectivity index (χ3v) is 8.68. The van der Waals surface area contributed by atoms with Crippen LogP contribution in [-0.4, -0.2) is 83.6 Å². The average Bonchev–Trinajstić information content (AvgIpc) is 3.10. The summed E-state index contributed by atoms with van der Waals surface area (Å²) in [5.74, 6) is 0.0782. The molecular formula is C36H36FN5O4. The number of aromatic nitrogens is 2. The number of amides is 1. The number of benzene rings is 2. The van der Waals surface area contributed by atoms with Crippen molar-refractivity contribution >= 4 is 23.2 Å². The molecule has 0 spiro atoms. The van der Waals surface area contributed by atoms with E-state index in [0.29, 0.717) is 48.7 Å². The van der Waals surface area contributed by atoms with Crippen LogP contribution >= 0.6 is 0 Å². The number of halogens is 1. The average molecular weight is 622 g/mol. The van der Waals surface area contributed by atoms with Gasteiger partial charge in [-0.3, -0.25) is 19.4 Å². The Kier molecular flexibility index (Phi) is 9.44. The number of rotatable bonds is 9. The Hall–Kier alpha value is -4.96. The highest BCUT2D eigenvalue weighted by molar-refractivity contribution is 5.99. The Morgan fingerprint density at radius 2 is 1.48 bits per heavy atom. The fourth-order valence-electron chi connectivity index (χ4n) is 5.82. The van der Waals surface area contributed by atoms with E-state index >= 15 is 0 Å². The fourth-order valence-corrected chi connectivity index (χ4v) is 5.82. The molecule has 2 aliphatic heterocycles. The molecule has 46 heavy (non-hydrogen) atoms. The molecule has 0 aliphatic carbocycles. The predicted molar refractivity (Wildman–Crippen MR) is 172 cm³/mol. The lowest BCUT2D eigenvalue weighted by Gasteiger charge is -2.34. The largest absolute Gasteiger partial charge is 0.439 e. The number of piperazine rings is 1. The molecule has 2 aromatic carbocycles. The Labute approximate surface area is 267 Å². The first-order chi connectivity index (χ1) is 22.3. The van der Waals surface area contributed by atoms with Gasteiger partial charge >= 0.3 is 0 Å². The van der Waals surface area contributed by atoms with Crippen LogP contribution in [0.5, 0.6) is 11.6 Å². The molecule has 6 rings (SSSR count). The summed E-state index contributed by atoms with van der Waals surface area (Å²) in [6.07, 6.45) is 4.29. The van der Waals surface area contributed by atoms with Gasteiger partial charge in [-0.15, -0.1) is 0 Å². The minimum atomic E-state index is -0.354. The molecule has 2 aliphatic rings. The quantitative estimate of drug-likeness (QED) is 0.232. The van der Waals surface area contributed by atoms with E-state index in [2.05, 4.69) is 26.8 Å². The van der Waals surface area contributed by atoms with Gasteiger partial charge in [0.1, 0.15) is 17.3 Å². The van der Waals surface area contributed by atoms with E-state index in [1.165, 1.54) is 30.5 Å². The molecule has 2 saturated heterocycles. The number of nitrogens with zero attached hydrogens (tertiary/aromatic N) is 5. The van der Waals surface area contributed by atoms with E-state index in [9.17, 15) is 18.8 Å². The minimum absolute atomic E-state index is 0.110. The van der Waals surface area contributed by atoms with E-state index in [4.69, 9.17) is 4.74 Å². The van der Waals surface area contributed by atoms with Crippen molar-refractivity contribution in [3.63, 3.8) is 0 Å². The van der Waals surface area contributed by atoms with Crippen LogP contribution in [0.25, 0.3) is 0 Å². The molecule has 0 unspecified atom stereocenters.